The fourth-order valence-electron chi connectivity index (χ4n) is 11.7. The lowest BCUT2D eigenvalue weighted by Gasteiger charge is -2.51. The molecule has 2 heteroatoms. The van der Waals surface area contributed by atoms with Crippen LogP contribution < -0.4 is 0 Å². The van der Waals surface area contributed by atoms with E-state index in [4.69, 9.17) is 0 Å². The third-order valence-electron chi connectivity index (χ3n) is 14.9. The van der Waals surface area contributed by atoms with Crippen molar-refractivity contribution in [2.24, 2.45) is 10.8 Å². The van der Waals surface area contributed by atoms with E-state index in [9.17, 15) is 0 Å². The van der Waals surface area contributed by atoms with Gasteiger partial charge in [0, 0.05) is 47.8 Å². The van der Waals surface area contributed by atoms with Crippen molar-refractivity contribution in [1.82, 2.24) is 9.80 Å². The van der Waals surface area contributed by atoms with Gasteiger partial charge in [0.1, 0.15) is 0 Å². The first-order valence-electron chi connectivity index (χ1n) is 22.5. The fraction of sp³-hybridized carbons (Fsp3) is 0.439. The van der Waals surface area contributed by atoms with Crippen LogP contribution in [-0.4, -0.2) is 41.6 Å². The van der Waals surface area contributed by atoms with Gasteiger partial charge in [0.25, 0.3) is 0 Å². The number of hydrogen-bond acceptors (Lipinski definition) is 2. The van der Waals surface area contributed by atoms with Crippen molar-refractivity contribution >= 4 is 0 Å². The molecule has 7 rings (SSSR count). The highest BCUT2D eigenvalue weighted by molar-refractivity contribution is 5.46. The normalized spacial score (nSPS) is 25.7. The SMILES string of the molecule is Cc1cc(C)cc([C@@H](C)C2(C)C=CC=C([C@H](C)c3cc(C)cc(C)c3)C2N2CCN(C3C([C@H](C)c4cc(C)cc(C)c4)=CC=CC3(C)[C@H](C)c3cc(C)cc(C)c3)C2)c1. The smallest absolute Gasteiger partial charge is 0.0519 e. The number of allylic oxidation sites excluding steroid dienone is 4. The minimum absolute atomic E-state index is 0.124. The van der Waals surface area contributed by atoms with Crippen LogP contribution in [0, 0.1) is 66.2 Å². The Kier molecular flexibility index (Phi) is 12.1. The van der Waals surface area contributed by atoms with Crippen LogP contribution in [-0.2, 0) is 0 Å². The standard InChI is InChI=1S/C57H72N2/c1-36-23-37(2)28-48(27-36)44(9)52-17-15-19-56(13,46(11)50-31-40(5)25-41(6)32-50)54(52)58-21-22-59(35-58)55-53(45(10)49-29-38(3)24-39(4)30-49)18-16-20-57(55,14)47(12)51-33-42(7)26-43(8)34-51/h15-20,23-34,44-47,54-55H,21-22,35H2,1-14H3/t44-,45-,46-,47-,54?,55?,56?,57?/m1/s1. The van der Waals surface area contributed by atoms with Crippen LogP contribution in [0.4, 0.5) is 0 Å². The predicted octanol–water partition coefficient (Wildman–Crippen LogP) is 14.0. The Labute approximate surface area is 358 Å². The average molecular weight is 785 g/mol. The van der Waals surface area contributed by atoms with Crippen LogP contribution in [0.5, 0.6) is 0 Å². The summed E-state index contributed by atoms with van der Waals surface area (Å²) >= 11 is 0. The largest absolute Gasteiger partial charge is 0.282 e. The number of rotatable bonds is 10. The van der Waals surface area contributed by atoms with Gasteiger partial charge in [0.2, 0.25) is 0 Å². The zero-order chi connectivity index (χ0) is 42.6. The molecule has 4 aromatic rings. The van der Waals surface area contributed by atoms with Crippen LogP contribution in [0.15, 0.2) is 120 Å². The Bertz CT molecular complexity index is 2090. The van der Waals surface area contributed by atoms with Crippen molar-refractivity contribution < 1.29 is 0 Å². The molecular weight excluding hydrogens is 713 g/mol. The van der Waals surface area contributed by atoms with Gasteiger partial charge in [0.05, 0.1) is 6.67 Å². The van der Waals surface area contributed by atoms with Crippen LogP contribution in [0.2, 0.25) is 0 Å². The van der Waals surface area contributed by atoms with Gasteiger partial charge in [-0.3, -0.25) is 9.80 Å². The number of benzene rings is 4. The molecule has 0 amide bonds. The summed E-state index contributed by atoms with van der Waals surface area (Å²) in [4.78, 5) is 5.76. The second kappa shape index (κ2) is 16.7. The molecule has 4 aromatic carbocycles. The fourth-order valence-corrected chi connectivity index (χ4v) is 11.7. The van der Waals surface area contributed by atoms with Gasteiger partial charge in [-0.1, -0.05) is 195 Å². The predicted molar refractivity (Wildman–Crippen MR) is 254 cm³/mol. The molecule has 2 nitrogen and oxygen atoms in total. The summed E-state index contributed by atoms with van der Waals surface area (Å²) in [6.45, 7) is 36.0. The molecule has 3 aliphatic rings. The first-order valence-corrected chi connectivity index (χ1v) is 22.5. The molecule has 4 unspecified atom stereocenters. The van der Waals surface area contributed by atoms with E-state index in [2.05, 4.69) is 216 Å². The lowest BCUT2D eigenvalue weighted by molar-refractivity contribution is 0.0771. The van der Waals surface area contributed by atoms with Gasteiger partial charge >= 0.3 is 0 Å². The summed E-state index contributed by atoms with van der Waals surface area (Å²) in [5.41, 5.74) is 19.3. The van der Waals surface area contributed by atoms with Crippen molar-refractivity contribution in [3.63, 3.8) is 0 Å². The maximum atomic E-state index is 2.88. The van der Waals surface area contributed by atoms with Gasteiger partial charge in [-0.25, -0.2) is 0 Å². The lowest BCUT2D eigenvalue weighted by Crippen LogP contribution is -2.53. The molecular formula is C57H72N2. The highest BCUT2D eigenvalue weighted by Gasteiger charge is 2.51. The molecule has 310 valence electrons. The third kappa shape index (κ3) is 8.42. The molecule has 1 saturated heterocycles. The number of nitrogens with zero attached hydrogens (tertiary/aromatic N) is 2. The summed E-state index contributed by atoms with van der Waals surface area (Å²) in [5.74, 6) is 1.21. The van der Waals surface area contributed by atoms with Crippen LogP contribution in [0.1, 0.15) is 132 Å². The molecule has 1 aliphatic heterocycles. The quantitative estimate of drug-likeness (QED) is 0.158. The third-order valence-corrected chi connectivity index (χ3v) is 14.9. The number of hydrogen-bond donors (Lipinski definition) is 0. The van der Waals surface area contributed by atoms with Crippen molar-refractivity contribution in [1.29, 1.82) is 0 Å². The van der Waals surface area contributed by atoms with E-state index in [1.54, 1.807) is 0 Å². The molecule has 1 fully saturated rings. The minimum atomic E-state index is -0.124. The van der Waals surface area contributed by atoms with E-state index in [1.165, 1.54) is 77.9 Å². The van der Waals surface area contributed by atoms with E-state index in [1.807, 2.05) is 0 Å². The second-order valence-corrected chi connectivity index (χ2v) is 19.9. The second-order valence-electron chi connectivity index (χ2n) is 19.9. The van der Waals surface area contributed by atoms with E-state index >= 15 is 0 Å². The molecule has 1 heterocycles. The summed E-state index contributed by atoms with van der Waals surface area (Å²) < 4.78 is 0. The highest BCUT2D eigenvalue weighted by Crippen LogP contribution is 2.53. The van der Waals surface area contributed by atoms with Crippen LogP contribution >= 0.6 is 0 Å². The summed E-state index contributed by atoms with van der Waals surface area (Å²) in [6.07, 6.45) is 14.9. The maximum absolute atomic E-state index is 2.88. The monoisotopic (exact) mass is 785 g/mol. The van der Waals surface area contributed by atoms with Gasteiger partial charge < -0.3 is 0 Å². The molecule has 0 spiro atoms. The Balaban J connectivity index is 1.33. The Morgan fingerprint density at radius 3 is 0.983 bits per heavy atom. The summed E-state index contributed by atoms with van der Waals surface area (Å²) in [5, 5.41) is 0. The zero-order valence-electron chi connectivity index (χ0n) is 38.9. The van der Waals surface area contributed by atoms with Gasteiger partial charge in [-0.15, -0.1) is 0 Å². The topological polar surface area (TPSA) is 6.48 Å². The Morgan fingerprint density at radius 1 is 0.424 bits per heavy atom. The van der Waals surface area contributed by atoms with Crippen molar-refractivity contribution in [3.8, 4) is 0 Å². The number of aryl methyl sites for hydroxylation is 8. The van der Waals surface area contributed by atoms with Crippen LogP contribution in [0.25, 0.3) is 0 Å². The van der Waals surface area contributed by atoms with E-state index in [0.29, 0.717) is 11.8 Å². The Morgan fingerprint density at radius 2 is 0.695 bits per heavy atom. The van der Waals surface area contributed by atoms with Crippen molar-refractivity contribution in [2.45, 2.75) is 133 Å². The first-order chi connectivity index (χ1) is 27.9. The molecule has 0 aromatic heterocycles. The van der Waals surface area contributed by atoms with E-state index in [-0.39, 0.29) is 34.7 Å². The average Bonchev–Trinajstić information content (AvgIpc) is 3.63. The molecule has 8 atom stereocenters. The van der Waals surface area contributed by atoms with Gasteiger partial charge in [-0.2, -0.15) is 0 Å². The molecule has 0 bridgehead atoms. The lowest BCUT2D eigenvalue weighted by atomic mass is 9.62. The molecule has 59 heavy (non-hydrogen) atoms. The molecule has 0 radical (unpaired) electrons. The van der Waals surface area contributed by atoms with Crippen molar-refractivity contribution in [3.05, 3.63) is 187 Å². The molecule has 0 saturated carbocycles. The van der Waals surface area contributed by atoms with E-state index in [0.717, 1.165) is 19.8 Å². The highest BCUT2D eigenvalue weighted by atomic mass is 15.4. The zero-order valence-corrected chi connectivity index (χ0v) is 38.9. The van der Waals surface area contributed by atoms with Crippen LogP contribution in [0.3, 0.4) is 0 Å². The van der Waals surface area contributed by atoms with Gasteiger partial charge in [-0.05, 0) is 101 Å². The summed E-state index contributed by atoms with van der Waals surface area (Å²) in [7, 11) is 0. The maximum Gasteiger partial charge on any atom is 0.0519 e. The van der Waals surface area contributed by atoms with Crippen molar-refractivity contribution in [2.75, 3.05) is 19.8 Å². The summed E-state index contributed by atoms with van der Waals surface area (Å²) in [6, 6.07) is 29.2. The minimum Gasteiger partial charge on any atom is -0.282 e. The van der Waals surface area contributed by atoms with Gasteiger partial charge in [0.15, 0.2) is 0 Å². The first kappa shape index (κ1) is 42.9. The molecule has 2 aliphatic carbocycles. The van der Waals surface area contributed by atoms with E-state index < -0.39 is 0 Å². The Hall–Kier alpha value is -4.24. The molecule has 0 N–H and O–H groups in total.